The van der Waals surface area contributed by atoms with Crippen molar-refractivity contribution in [3.63, 3.8) is 0 Å². The number of carbonyl (C=O) groups is 2. The molecule has 0 aliphatic carbocycles. The summed E-state index contributed by atoms with van der Waals surface area (Å²) in [5, 5.41) is 19.1. The number of carboxylic acids is 1. The van der Waals surface area contributed by atoms with Crippen molar-refractivity contribution >= 4 is 41.4 Å². The highest BCUT2D eigenvalue weighted by atomic mass is 35.5. The third kappa shape index (κ3) is 4.90. The van der Waals surface area contributed by atoms with Crippen molar-refractivity contribution in [2.24, 2.45) is 0 Å². The largest absolute Gasteiger partial charge is 0.477 e. The molecule has 3 rings (SSSR count). The molecule has 3 aromatic rings. The van der Waals surface area contributed by atoms with Crippen molar-refractivity contribution in [3.05, 3.63) is 69.6 Å². The van der Waals surface area contributed by atoms with E-state index in [0.717, 1.165) is 17.3 Å². The van der Waals surface area contributed by atoms with Crippen LogP contribution in [0.2, 0.25) is 5.02 Å². The van der Waals surface area contributed by atoms with Crippen molar-refractivity contribution in [1.82, 2.24) is 14.8 Å². The van der Waals surface area contributed by atoms with Gasteiger partial charge in [0.15, 0.2) is 11.0 Å². The zero-order chi connectivity index (χ0) is 21.7. The SMILES string of the molecule is CCn1c(S/C(=C\c2ccc(C(=O)OC)cc2)C(=O)O)nnc1-c1ccc(Cl)cc1. The first kappa shape index (κ1) is 21.6. The Morgan fingerprint density at radius 3 is 2.37 bits per heavy atom. The number of rotatable bonds is 7. The lowest BCUT2D eigenvalue weighted by atomic mass is 10.1. The molecule has 0 unspecified atom stereocenters. The highest BCUT2D eigenvalue weighted by Gasteiger charge is 2.18. The number of aliphatic carboxylic acids is 1. The first-order valence-electron chi connectivity index (χ1n) is 8.93. The highest BCUT2D eigenvalue weighted by Crippen LogP contribution is 2.30. The molecule has 2 aromatic carbocycles. The van der Waals surface area contributed by atoms with E-state index in [1.165, 1.54) is 13.2 Å². The van der Waals surface area contributed by atoms with E-state index in [9.17, 15) is 14.7 Å². The molecule has 0 radical (unpaired) electrons. The van der Waals surface area contributed by atoms with Gasteiger partial charge in [0.05, 0.1) is 12.7 Å². The first-order valence-corrected chi connectivity index (χ1v) is 10.1. The van der Waals surface area contributed by atoms with Gasteiger partial charge in [0, 0.05) is 17.1 Å². The van der Waals surface area contributed by atoms with E-state index in [1.807, 2.05) is 23.6 Å². The van der Waals surface area contributed by atoms with Crippen LogP contribution in [0.3, 0.4) is 0 Å². The van der Waals surface area contributed by atoms with E-state index in [1.54, 1.807) is 36.4 Å². The first-order chi connectivity index (χ1) is 14.4. The molecular weight excluding hydrogens is 426 g/mol. The molecule has 1 N–H and O–H groups in total. The summed E-state index contributed by atoms with van der Waals surface area (Å²) in [6.07, 6.45) is 1.52. The Morgan fingerprint density at radius 2 is 1.80 bits per heavy atom. The van der Waals surface area contributed by atoms with E-state index in [-0.39, 0.29) is 4.91 Å². The second-order valence-corrected chi connectivity index (χ2v) is 7.53. The summed E-state index contributed by atoms with van der Waals surface area (Å²) in [6, 6.07) is 13.7. The Labute approximate surface area is 182 Å². The monoisotopic (exact) mass is 443 g/mol. The number of nitrogens with zero attached hydrogens (tertiary/aromatic N) is 3. The van der Waals surface area contributed by atoms with Gasteiger partial charge in [-0.2, -0.15) is 0 Å². The molecular formula is C21H18ClN3O4S. The number of hydrogen-bond acceptors (Lipinski definition) is 6. The second kappa shape index (κ2) is 9.60. The third-order valence-corrected chi connectivity index (χ3v) is 5.43. The molecule has 0 amide bonds. The van der Waals surface area contributed by atoms with Gasteiger partial charge in [0.1, 0.15) is 4.91 Å². The van der Waals surface area contributed by atoms with Gasteiger partial charge in [0.25, 0.3) is 0 Å². The summed E-state index contributed by atoms with van der Waals surface area (Å²) in [6.45, 7) is 2.50. The summed E-state index contributed by atoms with van der Waals surface area (Å²) < 4.78 is 6.51. The van der Waals surface area contributed by atoms with Gasteiger partial charge in [-0.25, -0.2) is 9.59 Å². The van der Waals surface area contributed by atoms with Gasteiger partial charge in [-0.15, -0.1) is 10.2 Å². The minimum atomic E-state index is -1.09. The van der Waals surface area contributed by atoms with Crippen LogP contribution < -0.4 is 0 Å². The van der Waals surface area contributed by atoms with Crippen LogP contribution in [0.15, 0.2) is 58.6 Å². The maximum Gasteiger partial charge on any atom is 0.342 e. The number of hydrogen-bond donors (Lipinski definition) is 1. The molecule has 0 aliphatic rings. The van der Waals surface area contributed by atoms with Crippen LogP contribution in [0.1, 0.15) is 22.8 Å². The molecule has 0 aliphatic heterocycles. The normalized spacial score (nSPS) is 11.4. The molecule has 154 valence electrons. The number of thioether (sulfide) groups is 1. The Kier molecular flexibility index (Phi) is 6.91. The fourth-order valence-electron chi connectivity index (χ4n) is 2.68. The van der Waals surface area contributed by atoms with Gasteiger partial charge in [0.2, 0.25) is 0 Å². The lowest BCUT2D eigenvalue weighted by Crippen LogP contribution is -2.03. The van der Waals surface area contributed by atoms with Crippen molar-refractivity contribution in [1.29, 1.82) is 0 Å². The molecule has 0 saturated heterocycles. The predicted molar refractivity (Wildman–Crippen MR) is 115 cm³/mol. The van der Waals surface area contributed by atoms with Crippen molar-refractivity contribution in [3.8, 4) is 11.4 Å². The standard InChI is InChI=1S/C21H18ClN3O4S/c1-3-25-18(14-8-10-16(22)11-9-14)23-24-21(25)30-17(19(26)27)12-13-4-6-15(7-5-13)20(28)29-2/h4-12H,3H2,1-2H3,(H,26,27)/b17-12-. The Morgan fingerprint density at radius 1 is 1.13 bits per heavy atom. The number of ether oxygens (including phenoxy) is 1. The number of aromatic nitrogens is 3. The highest BCUT2D eigenvalue weighted by molar-refractivity contribution is 8.04. The fraction of sp³-hybridized carbons (Fsp3) is 0.143. The zero-order valence-corrected chi connectivity index (χ0v) is 17.8. The van der Waals surface area contributed by atoms with E-state index < -0.39 is 11.9 Å². The molecule has 0 atom stereocenters. The van der Waals surface area contributed by atoms with Crippen LogP contribution >= 0.6 is 23.4 Å². The van der Waals surface area contributed by atoms with Crippen molar-refractivity contribution in [2.75, 3.05) is 7.11 Å². The topological polar surface area (TPSA) is 94.3 Å². The Hall–Kier alpha value is -3.10. The summed E-state index contributed by atoms with van der Waals surface area (Å²) >= 11 is 6.96. The molecule has 0 saturated carbocycles. The number of esters is 1. The van der Waals surface area contributed by atoms with Crippen molar-refractivity contribution < 1.29 is 19.4 Å². The van der Waals surface area contributed by atoms with E-state index in [2.05, 4.69) is 14.9 Å². The molecule has 1 heterocycles. The smallest absolute Gasteiger partial charge is 0.342 e. The molecule has 7 nitrogen and oxygen atoms in total. The summed E-state index contributed by atoms with van der Waals surface area (Å²) in [5.74, 6) is -0.913. The fourth-order valence-corrected chi connectivity index (χ4v) is 3.69. The molecule has 9 heteroatoms. The number of halogens is 1. The third-order valence-electron chi connectivity index (χ3n) is 4.18. The van der Waals surface area contributed by atoms with Gasteiger partial charge in [-0.05, 0) is 66.7 Å². The van der Waals surface area contributed by atoms with Crippen LogP contribution in [0.5, 0.6) is 0 Å². The summed E-state index contributed by atoms with van der Waals surface area (Å²) in [5.41, 5.74) is 1.85. The molecule has 1 aromatic heterocycles. The van der Waals surface area contributed by atoms with Crippen LogP contribution in [-0.4, -0.2) is 38.9 Å². The summed E-state index contributed by atoms with van der Waals surface area (Å²) in [7, 11) is 1.30. The Bertz CT molecular complexity index is 1090. The van der Waals surface area contributed by atoms with E-state index >= 15 is 0 Å². The minimum absolute atomic E-state index is 0.0746. The van der Waals surface area contributed by atoms with Crippen LogP contribution in [0.4, 0.5) is 0 Å². The molecule has 0 spiro atoms. The molecule has 30 heavy (non-hydrogen) atoms. The van der Waals surface area contributed by atoms with Gasteiger partial charge in [-0.1, -0.05) is 23.7 Å². The number of carbonyl (C=O) groups excluding carboxylic acids is 1. The lowest BCUT2D eigenvalue weighted by molar-refractivity contribution is -0.131. The average Bonchev–Trinajstić information content (AvgIpc) is 3.16. The van der Waals surface area contributed by atoms with Gasteiger partial charge >= 0.3 is 11.9 Å². The second-order valence-electron chi connectivity index (χ2n) is 6.09. The van der Waals surface area contributed by atoms with E-state index in [4.69, 9.17) is 11.6 Å². The van der Waals surface area contributed by atoms with Gasteiger partial charge < -0.3 is 14.4 Å². The van der Waals surface area contributed by atoms with Crippen LogP contribution in [0.25, 0.3) is 17.5 Å². The maximum atomic E-state index is 11.8. The number of methoxy groups -OCH3 is 1. The van der Waals surface area contributed by atoms with Crippen LogP contribution in [0, 0.1) is 0 Å². The maximum absolute atomic E-state index is 11.8. The number of carboxylic acid groups (broad SMARTS) is 1. The predicted octanol–water partition coefficient (Wildman–Crippen LogP) is 4.62. The lowest BCUT2D eigenvalue weighted by Gasteiger charge is -2.08. The quantitative estimate of drug-likeness (QED) is 0.323. The molecule has 0 fully saturated rings. The van der Waals surface area contributed by atoms with E-state index in [0.29, 0.717) is 33.7 Å². The molecule has 0 bridgehead atoms. The summed E-state index contributed by atoms with van der Waals surface area (Å²) in [4.78, 5) is 23.4. The van der Waals surface area contributed by atoms with Crippen molar-refractivity contribution in [2.45, 2.75) is 18.6 Å². The number of benzene rings is 2. The van der Waals surface area contributed by atoms with Gasteiger partial charge in [-0.3, -0.25) is 0 Å². The minimum Gasteiger partial charge on any atom is -0.477 e. The zero-order valence-electron chi connectivity index (χ0n) is 16.2. The Balaban J connectivity index is 1.90. The average molecular weight is 444 g/mol. The van der Waals surface area contributed by atoms with Crippen LogP contribution in [-0.2, 0) is 16.1 Å².